The van der Waals surface area contributed by atoms with Crippen LogP contribution in [0.4, 0.5) is 0 Å². The van der Waals surface area contributed by atoms with E-state index < -0.39 is 7.32 Å². The second kappa shape index (κ2) is 8.89. The highest BCUT2D eigenvalue weighted by Gasteiger charge is 2.28. The maximum Gasteiger partial charge on any atom is 0.639 e. The van der Waals surface area contributed by atoms with E-state index in [1.54, 1.807) is 6.92 Å². The summed E-state index contributed by atoms with van der Waals surface area (Å²) >= 11 is 0. The van der Waals surface area contributed by atoms with Crippen molar-refractivity contribution < 1.29 is 19.1 Å². The third kappa shape index (κ3) is 7.86. The molecule has 0 spiro atoms. The van der Waals surface area contributed by atoms with Gasteiger partial charge in [0.05, 0.1) is 12.2 Å². The summed E-state index contributed by atoms with van der Waals surface area (Å²) in [7, 11) is -0.615. The first-order valence-corrected chi connectivity index (χ1v) is 7.01. The molecule has 0 aromatic rings. The molecule has 0 bridgehead atoms. The first-order valence-electron chi connectivity index (χ1n) is 7.01. The quantitative estimate of drug-likeness (QED) is 0.581. The zero-order chi connectivity index (χ0) is 14.3. The number of aliphatic hydroxyl groups is 1. The van der Waals surface area contributed by atoms with Crippen LogP contribution in [0.15, 0.2) is 0 Å². The fraction of sp³-hybridized carbons (Fsp3) is 1.00. The van der Waals surface area contributed by atoms with Crippen molar-refractivity contribution in [3.63, 3.8) is 0 Å². The van der Waals surface area contributed by atoms with E-state index in [2.05, 4.69) is 24.5 Å². The van der Waals surface area contributed by atoms with Crippen LogP contribution in [0.5, 0.6) is 0 Å². The maximum absolute atomic E-state index is 9.15. The van der Waals surface area contributed by atoms with Gasteiger partial charge in [-0.3, -0.25) is 0 Å². The first-order chi connectivity index (χ1) is 8.97. The van der Waals surface area contributed by atoms with Crippen molar-refractivity contribution in [3.8, 4) is 0 Å². The molecule has 0 aliphatic carbocycles. The number of rotatable bonds is 6. The topological polar surface area (TPSA) is 72.0 Å². The van der Waals surface area contributed by atoms with Gasteiger partial charge in [0.15, 0.2) is 0 Å². The highest BCUT2D eigenvalue weighted by Crippen LogP contribution is 2.04. The Kier molecular flexibility index (Phi) is 7.90. The lowest BCUT2D eigenvalue weighted by Crippen LogP contribution is -2.48. The highest BCUT2D eigenvalue weighted by atomic mass is 16.7. The predicted molar refractivity (Wildman–Crippen MR) is 74.8 cm³/mol. The van der Waals surface area contributed by atoms with Crippen molar-refractivity contribution in [1.82, 2.24) is 10.6 Å². The van der Waals surface area contributed by atoms with Crippen LogP contribution in [0.25, 0.3) is 0 Å². The predicted octanol–water partition coefficient (Wildman–Crippen LogP) is -0.240. The minimum absolute atomic E-state index is 0.0400. The molecule has 0 saturated carbocycles. The Balaban J connectivity index is 2.25. The molecule has 7 heteroatoms. The van der Waals surface area contributed by atoms with Gasteiger partial charge in [0.1, 0.15) is 0 Å². The monoisotopic (exact) mass is 274 g/mol. The van der Waals surface area contributed by atoms with Crippen LogP contribution in [0.2, 0.25) is 0 Å². The van der Waals surface area contributed by atoms with Crippen molar-refractivity contribution >= 4 is 7.32 Å². The Morgan fingerprint density at radius 1 is 1.26 bits per heavy atom. The van der Waals surface area contributed by atoms with Gasteiger partial charge < -0.3 is 29.7 Å². The van der Waals surface area contributed by atoms with Crippen LogP contribution in [0.3, 0.4) is 0 Å². The van der Waals surface area contributed by atoms with Crippen molar-refractivity contribution in [2.75, 3.05) is 26.3 Å². The molecule has 4 atom stereocenters. The second-order valence-electron chi connectivity index (χ2n) is 5.38. The maximum atomic E-state index is 9.15. The van der Waals surface area contributed by atoms with Gasteiger partial charge >= 0.3 is 7.32 Å². The fourth-order valence-corrected chi connectivity index (χ4v) is 1.89. The van der Waals surface area contributed by atoms with Crippen LogP contribution in [0.1, 0.15) is 27.7 Å². The molecule has 6 nitrogen and oxygen atoms in total. The lowest BCUT2D eigenvalue weighted by molar-refractivity contribution is 0.0386. The minimum atomic E-state index is -0.615. The molecule has 19 heavy (non-hydrogen) atoms. The molecule has 1 saturated heterocycles. The van der Waals surface area contributed by atoms with Gasteiger partial charge in [0.25, 0.3) is 0 Å². The zero-order valence-corrected chi connectivity index (χ0v) is 12.4. The van der Waals surface area contributed by atoms with E-state index >= 15 is 0 Å². The van der Waals surface area contributed by atoms with Crippen molar-refractivity contribution in [2.45, 2.75) is 52.0 Å². The molecule has 0 aromatic carbocycles. The normalized spacial score (nSPS) is 28.6. The van der Waals surface area contributed by atoms with Crippen molar-refractivity contribution in [2.24, 2.45) is 0 Å². The number of nitrogens with one attached hydrogen (secondary N) is 2. The number of hydrogen-bond donors (Lipinski definition) is 3. The molecule has 4 unspecified atom stereocenters. The molecular weight excluding hydrogens is 247 g/mol. The molecule has 0 aromatic heterocycles. The van der Waals surface area contributed by atoms with Crippen molar-refractivity contribution in [3.05, 3.63) is 0 Å². The van der Waals surface area contributed by atoms with Crippen LogP contribution >= 0.6 is 0 Å². The average Bonchev–Trinajstić information content (AvgIpc) is 2.30. The van der Waals surface area contributed by atoms with Gasteiger partial charge in [-0.1, -0.05) is 0 Å². The Hall–Kier alpha value is -0.175. The summed E-state index contributed by atoms with van der Waals surface area (Å²) in [5, 5.41) is 15.6. The van der Waals surface area contributed by atoms with Crippen molar-refractivity contribution in [1.29, 1.82) is 0 Å². The summed E-state index contributed by atoms with van der Waals surface area (Å²) in [5.74, 6) is 0. The second-order valence-corrected chi connectivity index (χ2v) is 5.38. The van der Waals surface area contributed by atoms with E-state index in [0.717, 1.165) is 0 Å². The van der Waals surface area contributed by atoms with E-state index in [0.29, 0.717) is 26.3 Å². The molecule has 112 valence electrons. The van der Waals surface area contributed by atoms with E-state index in [1.165, 1.54) is 0 Å². The molecule has 1 heterocycles. The lowest BCUT2D eigenvalue weighted by Gasteiger charge is -2.27. The molecule has 1 rings (SSSR count). The van der Waals surface area contributed by atoms with Gasteiger partial charge in [-0.2, -0.15) is 0 Å². The first kappa shape index (κ1) is 16.9. The summed E-state index contributed by atoms with van der Waals surface area (Å²) < 4.78 is 16.8. The standard InChI is InChI=1S/C12H27BN2O4/c1-9-7-17-13(18-8-10(2)15-9)19-12(4)6-14-5-11(3)16/h9-12,14-16H,5-8H2,1-4H3. The van der Waals surface area contributed by atoms with E-state index in [9.17, 15) is 0 Å². The van der Waals surface area contributed by atoms with Crippen LogP contribution in [-0.2, 0) is 14.0 Å². The number of hydrogen-bond acceptors (Lipinski definition) is 6. The van der Waals surface area contributed by atoms with Crippen LogP contribution < -0.4 is 10.6 Å². The average molecular weight is 274 g/mol. The van der Waals surface area contributed by atoms with Gasteiger partial charge in [0.2, 0.25) is 0 Å². The smallest absolute Gasteiger partial charge is 0.392 e. The Morgan fingerprint density at radius 3 is 2.37 bits per heavy atom. The van der Waals surface area contributed by atoms with Gasteiger partial charge in [0, 0.05) is 38.4 Å². The molecule has 1 fully saturated rings. The highest BCUT2D eigenvalue weighted by molar-refractivity contribution is 6.36. The third-order valence-corrected chi connectivity index (χ3v) is 2.75. The Bertz CT molecular complexity index is 234. The SMILES string of the molecule is CC(O)CNCC(C)OB1OCC(C)NC(C)CO1. The summed E-state index contributed by atoms with van der Waals surface area (Å²) in [6.07, 6.45) is -0.393. The molecule has 0 amide bonds. The zero-order valence-electron chi connectivity index (χ0n) is 12.4. The molecular formula is C12H27BN2O4. The summed E-state index contributed by atoms with van der Waals surface area (Å²) in [6, 6.07) is 0.572. The fourth-order valence-electron chi connectivity index (χ4n) is 1.89. The van der Waals surface area contributed by atoms with Gasteiger partial charge in [-0.25, -0.2) is 0 Å². The largest absolute Gasteiger partial charge is 0.639 e. The molecule has 3 N–H and O–H groups in total. The van der Waals surface area contributed by atoms with Gasteiger partial charge in [-0.15, -0.1) is 0 Å². The Morgan fingerprint density at radius 2 is 1.84 bits per heavy atom. The summed E-state index contributed by atoms with van der Waals surface area (Å²) in [6.45, 7) is 10.2. The summed E-state index contributed by atoms with van der Waals surface area (Å²) in [5.41, 5.74) is 0. The number of aliphatic hydroxyl groups excluding tert-OH is 1. The van der Waals surface area contributed by atoms with Crippen LogP contribution in [-0.4, -0.2) is 63.0 Å². The van der Waals surface area contributed by atoms with Crippen LogP contribution in [0, 0.1) is 0 Å². The van der Waals surface area contributed by atoms with E-state index in [1.807, 2.05) is 6.92 Å². The molecule has 1 aliphatic rings. The van der Waals surface area contributed by atoms with Gasteiger partial charge in [-0.05, 0) is 27.7 Å². The molecule has 1 aliphatic heterocycles. The lowest BCUT2D eigenvalue weighted by atomic mass is 10.1. The van der Waals surface area contributed by atoms with E-state index in [-0.39, 0.29) is 24.3 Å². The Labute approximate surface area is 116 Å². The third-order valence-electron chi connectivity index (χ3n) is 2.75. The van der Waals surface area contributed by atoms with E-state index in [4.69, 9.17) is 19.1 Å². The minimum Gasteiger partial charge on any atom is -0.392 e. The molecule has 0 radical (unpaired) electrons. The summed E-state index contributed by atoms with van der Waals surface area (Å²) in [4.78, 5) is 0.